The van der Waals surface area contributed by atoms with Gasteiger partial charge < -0.3 is 10.6 Å². The van der Waals surface area contributed by atoms with E-state index in [0.717, 1.165) is 19.4 Å². The summed E-state index contributed by atoms with van der Waals surface area (Å²) < 4.78 is 0. The average molecular weight is 258 g/mol. The van der Waals surface area contributed by atoms with Crippen LogP contribution in [0.3, 0.4) is 0 Å². The number of carbonyl (C=O) groups is 1. The molecule has 2 aliphatic rings. The van der Waals surface area contributed by atoms with Crippen molar-refractivity contribution in [1.29, 1.82) is 0 Å². The number of benzene rings is 1. The van der Waals surface area contributed by atoms with Gasteiger partial charge in [0.05, 0.1) is 6.04 Å². The number of hydrogen-bond acceptors (Lipinski definition) is 2. The molecule has 3 atom stereocenters. The lowest BCUT2D eigenvalue weighted by molar-refractivity contribution is -0.126. The van der Waals surface area contributed by atoms with Crippen LogP contribution in [0.5, 0.6) is 0 Å². The molecule has 0 bridgehead atoms. The monoisotopic (exact) mass is 258 g/mol. The van der Waals surface area contributed by atoms with Gasteiger partial charge in [0.15, 0.2) is 0 Å². The van der Waals surface area contributed by atoms with Crippen LogP contribution in [0.15, 0.2) is 24.3 Å². The predicted molar refractivity (Wildman–Crippen MR) is 77.1 cm³/mol. The van der Waals surface area contributed by atoms with E-state index in [9.17, 15) is 4.79 Å². The van der Waals surface area contributed by atoms with E-state index in [2.05, 4.69) is 35.8 Å². The van der Waals surface area contributed by atoms with Gasteiger partial charge in [-0.25, -0.2) is 0 Å². The quantitative estimate of drug-likeness (QED) is 0.856. The van der Waals surface area contributed by atoms with Crippen molar-refractivity contribution < 1.29 is 4.79 Å². The molecule has 2 N–H and O–H groups in total. The highest BCUT2D eigenvalue weighted by Gasteiger charge is 2.31. The molecule has 102 valence electrons. The van der Waals surface area contributed by atoms with E-state index < -0.39 is 0 Å². The Kier molecular flexibility index (Phi) is 3.45. The highest BCUT2D eigenvalue weighted by molar-refractivity contribution is 5.79. The fourth-order valence-corrected chi connectivity index (χ4v) is 3.39. The molecule has 0 radical (unpaired) electrons. The first-order chi connectivity index (χ1) is 9.24. The molecule has 3 nitrogen and oxygen atoms in total. The van der Waals surface area contributed by atoms with E-state index in [0.29, 0.717) is 5.92 Å². The van der Waals surface area contributed by atoms with Gasteiger partial charge in [0.1, 0.15) is 0 Å². The molecule has 0 aromatic heterocycles. The molecule has 3 unspecified atom stereocenters. The lowest BCUT2D eigenvalue weighted by atomic mass is 9.95. The smallest absolute Gasteiger partial charge is 0.223 e. The minimum absolute atomic E-state index is 0.232. The molecule has 1 aliphatic carbocycles. The van der Waals surface area contributed by atoms with Crippen molar-refractivity contribution in [3.05, 3.63) is 29.8 Å². The van der Waals surface area contributed by atoms with E-state index in [1.165, 1.54) is 24.1 Å². The van der Waals surface area contributed by atoms with Gasteiger partial charge in [0, 0.05) is 18.2 Å². The zero-order chi connectivity index (χ0) is 13.2. The van der Waals surface area contributed by atoms with Crippen LogP contribution in [0.25, 0.3) is 0 Å². The van der Waals surface area contributed by atoms with Crippen molar-refractivity contribution in [2.45, 2.75) is 38.6 Å². The van der Waals surface area contributed by atoms with Gasteiger partial charge in [-0.05, 0) is 36.8 Å². The van der Waals surface area contributed by atoms with Gasteiger partial charge in [0.2, 0.25) is 5.91 Å². The number of para-hydroxylation sites is 1. The van der Waals surface area contributed by atoms with Crippen LogP contribution < -0.4 is 10.6 Å². The van der Waals surface area contributed by atoms with Crippen LogP contribution in [-0.4, -0.2) is 18.5 Å². The molecular formula is C16H22N2O. The summed E-state index contributed by atoms with van der Waals surface area (Å²) in [7, 11) is 0. The summed E-state index contributed by atoms with van der Waals surface area (Å²) in [6.07, 6.45) is 4.40. The van der Waals surface area contributed by atoms with Crippen LogP contribution in [0.2, 0.25) is 0 Å². The molecule has 19 heavy (non-hydrogen) atoms. The van der Waals surface area contributed by atoms with Gasteiger partial charge in [-0.1, -0.05) is 31.5 Å². The van der Waals surface area contributed by atoms with Crippen LogP contribution in [0.1, 0.15) is 31.7 Å². The van der Waals surface area contributed by atoms with Crippen LogP contribution in [0.4, 0.5) is 5.69 Å². The van der Waals surface area contributed by atoms with Crippen LogP contribution in [0, 0.1) is 11.8 Å². The number of amides is 1. The Balaban J connectivity index is 1.61. The summed E-state index contributed by atoms with van der Waals surface area (Å²) in [6.45, 7) is 3.04. The highest BCUT2D eigenvalue weighted by atomic mass is 16.2. The SMILES string of the molecule is CC1CCCC1C(=O)NC1CNc2ccccc2C1. The first-order valence-corrected chi connectivity index (χ1v) is 7.36. The zero-order valence-electron chi connectivity index (χ0n) is 11.5. The molecule has 1 fully saturated rings. The third-order valence-corrected chi connectivity index (χ3v) is 4.57. The van der Waals surface area contributed by atoms with E-state index in [-0.39, 0.29) is 17.9 Å². The second-order valence-electron chi connectivity index (χ2n) is 5.96. The number of rotatable bonds is 2. The highest BCUT2D eigenvalue weighted by Crippen LogP contribution is 2.31. The third kappa shape index (κ3) is 2.60. The first kappa shape index (κ1) is 12.5. The first-order valence-electron chi connectivity index (χ1n) is 7.36. The lowest BCUT2D eigenvalue weighted by Gasteiger charge is -2.28. The minimum atomic E-state index is 0.232. The Labute approximate surface area is 114 Å². The summed E-state index contributed by atoms with van der Waals surface area (Å²) in [5, 5.41) is 6.64. The maximum absolute atomic E-state index is 12.3. The fourth-order valence-electron chi connectivity index (χ4n) is 3.39. The van der Waals surface area contributed by atoms with E-state index in [1.54, 1.807) is 0 Å². The van der Waals surface area contributed by atoms with Crippen LogP contribution >= 0.6 is 0 Å². The number of nitrogens with one attached hydrogen (secondary N) is 2. The molecule has 3 rings (SSSR count). The Morgan fingerprint density at radius 2 is 2.16 bits per heavy atom. The number of anilines is 1. The van der Waals surface area contributed by atoms with Crippen molar-refractivity contribution in [2.24, 2.45) is 11.8 Å². The molecule has 0 spiro atoms. The summed E-state index contributed by atoms with van der Waals surface area (Å²) in [5.74, 6) is 1.04. The molecule has 1 aliphatic heterocycles. The van der Waals surface area contributed by atoms with Crippen LogP contribution in [-0.2, 0) is 11.2 Å². The van der Waals surface area contributed by atoms with Crippen molar-refractivity contribution >= 4 is 11.6 Å². The van der Waals surface area contributed by atoms with Gasteiger partial charge in [-0.2, -0.15) is 0 Å². The summed E-state index contributed by atoms with van der Waals surface area (Å²) in [4.78, 5) is 12.3. The number of hydrogen-bond donors (Lipinski definition) is 2. The van der Waals surface area contributed by atoms with Crippen molar-refractivity contribution in [1.82, 2.24) is 5.32 Å². The van der Waals surface area contributed by atoms with Crippen molar-refractivity contribution in [3.8, 4) is 0 Å². The predicted octanol–water partition coefficient (Wildman–Crippen LogP) is 2.58. The molecular weight excluding hydrogens is 236 g/mol. The maximum Gasteiger partial charge on any atom is 0.223 e. The minimum Gasteiger partial charge on any atom is -0.383 e. The second kappa shape index (κ2) is 5.24. The van der Waals surface area contributed by atoms with Gasteiger partial charge in [-0.3, -0.25) is 4.79 Å². The van der Waals surface area contributed by atoms with Gasteiger partial charge >= 0.3 is 0 Å². The molecule has 0 saturated heterocycles. The van der Waals surface area contributed by atoms with Crippen molar-refractivity contribution in [2.75, 3.05) is 11.9 Å². The Morgan fingerprint density at radius 3 is 2.95 bits per heavy atom. The number of fused-ring (bicyclic) bond motifs is 1. The molecule has 1 aromatic rings. The Hall–Kier alpha value is -1.51. The Bertz CT molecular complexity index is 472. The topological polar surface area (TPSA) is 41.1 Å². The average Bonchev–Trinajstić information content (AvgIpc) is 2.85. The fraction of sp³-hybridized carbons (Fsp3) is 0.562. The van der Waals surface area contributed by atoms with E-state index in [1.807, 2.05) is 6.07 Å². The third-order valence-electron chi connectivity index (χ3n) is 4.57. The molecule has 1 saturated carbocycles. The normalized spacial score (nSPS) is 29.4. The summed E-state index contributed by atoms with van der Waals surface area (Å²) in [5.41, 5.74) is 2.51. The largest absolute Gasteiger partial charge is 0.383 e. The summed E-state index contributed by atoms with van der Waals surface area (Å²) in [6, 6.07) is 8.58. The maximum atomic E-state index is 12.3. The van der Waals surface area contributed by atoms with Crippen molar-refractivity contribution in [3.63, 3.8) is 0 Å². The number of carbonyl (C=O) groups excluding carboxylic acids is 1. The van der Waals surface area contributed by atoms with E-state index >= 15 is 0 Å². The zero-order valence-corrected chi connectivity index (χ0v) is 11.5. The standard InChI is InChI=1S/C16H22N2O/c1-11-5-4-7-14(11)16(19)18-13-9-12-6-2-3-8-15(12)17-10-13/h2-3,6,8,11,13-14,17H,4-5,7,9-10H2,1H3,(H,18,19). The molecule has 1 amide bonds. The lowest BCUT2D eigenvalue weighted by Crippen LogP contribution is -2.46. The van der Waals surface area contributed by atoms with Gasteiger partial charge in [0.25, 0.3) is 0 Å². The Morgan fingerprint density at radius 1 is 1.32 bits per heavy atom. The summed E-state index contributed by atoms with van der Waals surface area (Å²) >= 11 is 0. The molecule has 1 heterocycles. The molecule has 1 aromatic carbocycles. The second-order valence-corrected chi connectivity index (χ2v) is 5.96. The van der Waals surface area contributed by atoms with Gasteiger partial charge in [-0.15, -0.1) is 0 Å². The molecule has 3 heteroatoms. The van der Waals surface area contributed by atoms with E-state index in [4.69, 9.17) is 0 Å².